The molecule has 3 nitrogen and oxygen atoms in total. The van der Waals surface area contributed by atoms with Gasteiger partial charge in [-0.05, 0) is 29.8 Å². The van der Waals surface area contributed by atoms with E-state index in [-0.39, 0.29) is 5.75 Å². The highest BCUT2D eigenvalue weighted by Crippen LogP contribution is 2.26. The van der Waals surface area contributed by atoms with Crippen molar-refractivity contribution in [3.8, 4) is 11.5 Å². The van der Waals surface area contributed by atoms with Crippen LogP contribution in [0.5, 0.6) is 11.5 Å². The van der Waals surface area contributed by atoms with E-state index in [0.29, 0.717) is 18.0 Å². The summed E-state index contributed by atoms with van der Waals surface area (Å²) in [5.41, 5.74) is 6.80. The number of ether oxygens (including phenoxy) is 2. The second-order valence-corrected chi connectivity index (χ2v) is 3.87. The molecule has 0 radical (unpaired) electrons. The van der Waals surface area contributed by atoms with Crippen molar-refractivity contribution in [2.75, 3.05) is 12.8 Å². The molecule has 18 heavy (non-hydrogen) atoms. The molecule has 0 heterocycles. The van der Waals surface area contributed by atoms with Gasteiger partial charge in [-0.2, -0.15) is 0 Å². The monoisotopic (exact) mass is 247 g/mol. The Morgan fingerprint density at radius 3 is 2.72 bits per heavy atom. The van der Waals surface area contributed by atoms with Crippen molar-refractivity contribution in [3.05, 3.63) is 53.8 Å². The summed E-state index contributed by atoms with van der Waals surface area (Å²) in [5, 5.41) is 0. The third-order valence-corrected chi connectivity index (χ3v) is 2.39. The number of hydrogen-bond acceptors (Lipinski definition) is 3. The zero-order chi connectivity index (χ0) is 13.0. The van der Waals surface area contributed by atoms with Crippen LogP contribution >= 0.6 is 0 Å². The molecule has 2 aromatic rings. The number of benzene rings is 2. The summed E-state index contributed by atoms with van der Waals surface area (Å²) >= 11 is 0. The van der Waals surface area contributed by atoms with Gasteiger partial charge in [-0.25, -0.2) is 4.39 Å². The van der Waals surface area contributed by atoms with Gasteiger partial charge in [0.2, 0.25) is 0 Å². The largest absolute Gasteiger partial charge is 0.454 e. The minimum atomic E-state index is -0.479. The highest BCUT2D eigenvalue weighted by molar-refractivity contribution is 5.44. The fourth-order valence-electron chi connectivity index (χ4n) is 1.59. The molecule has 2 N–H and O–H groups in total. The van der Waals surface area contributed by atoms with Crippen molar-refractivity contribution in [1.29, 1.82) is 0 Å². The summed E-state index contributed by atoms with van der Waals surface area (Å²) in [4.78, 5) is 0. The highest BCUT2D eigenvalue weighted by Gasteiger charge is 2.05. The average molecular weight is 247 g/mol. The summed E-state index contributed by atoms with van der Waals surface area (Å²) in [6.45, 7) is 0.488. The minimum absolute atomic E-state index is 0.152. The van der Waals surface area contributed by atoms with Crippen molar-refractivity contribution in [2.45, 2.75) is 6.61 Å². The first-order valence-electron chi connectivity index (χ1n) is 5.50. The van der Waals surface area contributed by atoms with Crippen LogP contribution in [0.15, 0.2) is 42.5 Å². The van der Waals surface area contributed by atoms with Crippen molar-refractivity contribution >= 4 is 5.69 Å². The smallest absolute Gasteiger partial charge is 0.167 e. The maximum absolute atomic E-state index is 13.6. The maximum Gasteiger partial charge on any atom is 0.167 e. The van der Waals surface area contributed by atoms with E-state index in [2.05, 4.69) is 0 Å². The molecule has 0 aliphatic carbocycles. The summed E-state index contributed by atoms with van der Waals surface area (Å²) in [6.07, 6.45) is 0. The Morgan fingerprint density at radius 1 is 1.17 bits per heavy atom. The molecule has 2 aromatic carbocycles. The summed E-state index contributed by atoms with van der Waals surface area (Å²) in [7, 11) is 1.62. The lowest BCUT2D eigenvalue weighted by molar-refractivity contribution is 0.184. The second-order valence-electron chi connectivity index (χ2n) is 3.87. The van der Waals surface area contributed by atoms with Gasteiger partial charge in [0.25, 0.3) is 0 Å². The first kappa shape index (κ1) is 12.4. The Balaban J connectivity index is 2.20. The van der Waals surface area contributed by atoms with Crippen LogP contribution < -0.4 is 10.5 Å². The summed E-state index contributed by atoms with van der Waals surface area (Å²) in [5.74, 6) is 0.235. The van der Waals surface area contributed by atoms with E-state index in [1.54, 1.807) is 25.3 Å². The number of rotatable bonds is 4. The van der Waals surface area contributed by atoms with Gasteiger partial charge < -0.3 is 15.2 Å². The SMILES string of the molecule is COCc1cccc(Oc2ccc(N)cc2F)c1. The third kappa shape index (κ3) is 2.99. The molecule has 0 atom stereocenters. The fraction of sp³-hybridized carbons (Fsp3) is 0.143. The predicted octanol–water partition coefficient (Wildman–Crippen LogP) is 3.35. The van der Waals surface area contributed by atoms with Crippen molar-refractivity contribution in [1.82, 2.24) is 0 Å². The second kappa shape index (κ2) is 5.51. The molecule has 4 heteroatoms. The number of anilines is 1. The standard InChI is InChI=1S/C14H14FNO2/c1-17-9-10-3-2-4-12(7-10)18-14-6-5-11(16)8-13(14)15/h2-8H,9,16H2,1H3. The van der Waals surface area contributed by atoms with Crippen LogP contribution in [-0.2, 0) is 11.3 Å². The molecule has 0 fully saturated rings. The Hall–Kier alpha value is -2.07. The van der Waals surface area contributed by atoms with E-state index in [9.17, 15) is 4.39 Å². The number of methoxy groups -OCH3 is 1. The number of hydrogen-bond donors (Lipinski definition) is 1. The Morgan fingerprint density at radius 2 is 2.00 bits per heavy atom. The van der Waals surface area contributed by atoms with Crippen LogP contribution in [0.4, 0.5) is 10.1 Å². The van der Waals surface area contributed by atoms with Gasteiger partial charge in [-0.3, -0.25) is 0 Å². The molecule has 2 rings (SSSR count). The van der Waals surface area contributed by atoms with Crippen LogP contribution in [-0.4, -0.2) is 7.11 Å². The summed E-state index contributed by atoms with van der Waals surface area (Å²) < 4.78 is 24.0. The molecular weight excluding hydrogens is 233 g/mol. The molecule has 0 amide bonds. The molecular formula is C14H14FNO2. The zero-order valence-electron chi connectivity index (χ0n) is 10.0. The average Bonchev–Trinajstić information content (AvgIpc) is 2.34. The van der Waals surface area contributed by atoms with E-state index in [1.807, 2.05) is 12.1 Å². The van der Waals surface area contributed by atoms with E-state index >= 15 is 0 Å². The van der Waals surface area contributed by atoms with E-state index in [1.165, 1.54) is 12.1 Å². The van der Waals surface area contributed by atoms with Crippen LogP contribution in [0.1, 0.15) is 5.56 Å². The van der Waals surface area contributed by atoms with Crippen LogP contribution in [0.3, 0.4) is 0 Å². The number of nitrogens with two attached hydrogens (primary N) is 1. The topological polar surface area (TPSA) is 44.5 Å². The molecule has 0 aromatic heterocycles. The Labute approximate surface area is 105 Å². The third-order valence-electron chi connectivity index (χ3n) is 2.39. The Bertz CT molecular complexity index is 543. The van der Waals surface area contributed by atoms with Gasteiger partial charge >= 0.3 is 0 Å². The molecule has 0 spiro atoms. The number of halogens is 1. The van der Waals surface area contributed by atoms with Gasteiger partial charge in [0.05, 0.1) is 6.61 Å². The first-order valence-corrected chi connectivity index (χ1v) is 5.50. The van der Waals surface area contributed by atoms with Gasteiger partial charge in [0.1, 0.15) is 5.75 Å². The highest BCUT2D eigenvalue weighted by atomic mass is 19.1. The molecule has 0 bridgehead atoms. The van der Waals surface area contributed by atoms with Gasteiger partial charge in [-0.1, -0.05) is 12.1 Å². The van der Waals surface area contributed by atoms with Gasteiger partial charge in [0.15, 0.2) is 11.6 Å². The molecule has 94 valence electrons. The van der Waals surface area contributed by atoms with E-state index in [0.717, 1.165) is 5.56 Å². The molecule has 0 aliphatic rings. The zero-order valence-corrected chi connectivity index (χ0v) is 10.0. The number of nitrogen functional groups attached to an aromatic ring is 1. The molecule has 0 saturated carbocycles. The van der Waals surface area contributed by atoms with Gasteiger partial charge in [0, 0.05) is 18.9 Å². The Kier molecular flexibility index (Phi) is 3.79. The first-order chi connectivity index (χ1) is 8.69. The lowest BCUT2D eigenvalue weighted by Gasteiger charge is -2.08. The molecule has 0 unspecified atom stereocenters. The lowest BCUT2D eigenvalue weighted by atomic mass is 10.2. The molecule has 0 saturated heterocycles. The maximum atomic E-state index is 13.6. The van der Waals surface area contributed by atoms with E-state index < -0.39 is 5.82 Å². The lowest BCUT2D eigenvalue weighted by Crippen LogP contribution is -1.93. The predicted molar refractivity (Wildman–Crippen MR) is 68.0 cm³/mol. The normalized spacial score (nSPS) is 10.3. The van der Waals surface area contributed by atoms with Crippen LogP contribution in [0.2, 0.25) is 0 Å². The quantitative estimate of drug-likeness (QED) is 0.843. The molecule has 0 aliphatic heterocycles. The van der Waals surface area contributed by atoms with Gasteiger partial charge in [-0.15, -0.1) is 0 Å². The van der Waals surface area contributed by atoms with Crippen molar-refractivity contribution in [3.63, 3.8) is 0 Å². The van der Waals surface area contributed by atoms with Crippen LogP contribution in [0.25, 0.3) is 0 Å². The fourth-order valence-corrected chi connectivity index (χ4v) is 1.59. The van der Waals surface area contributed by atoms with Crippen molar-refractivity contribution in [2.24, 2.45) is 0 Å². The minimum Gasteiger partial charge on any atom is -0.454 e. The van der Waals surface area contributed by atoms with Crippen molar-refractivity contribution < 1.29 is 13.9 Å². The van der Waals surface area contributed by atoms with Crippen LogP contribution in [0, 0.1) is 5.82 Å². The summed E-state index contributed by atoms with van der Waals surface area (Å²) in [6, 6.07) is 11.6. The van der Waals surface area contributed by atoms with E-state index in [4.69, 9.17) is 15.2 Å².